The molecular weight excluding hydrogens is 309 g/mol. The van der Waals surface area contributed by atoms with Crippen molar-refractivity contribution in [3.63, 3.8) is 0 Å². The van der Waals surface area contributed by atoms with E-state index in [9.17, 15) is 13.2 Å². The zero-order valence-corrected chi connectivity index (χ0v) is 14.7. The molecule has 0 nitrogen and oxygen atoms in total. The van der Waals surface area contributed by atoms with Crippen molar-refractivity contribution in [3.05, 3.63) is 35.1 Å². The lowest BCUT2D eigenvalue weighted by molar-refractivity contribution is 0.156. The maximum absolute atomic E-state index is 14.0. The van der Waals surface area contributed by atoms with Gasteiger partial charge in [-0.15, -0.1) is 0 Å². The van der Waals surface area contributed by atoms with Crippen LogP contribution < -0.4 is 0 Å². The van der Waals surface area contributed by atoms with E-state index < -0.39 is 17.5 Å². The average Bonchev–Trinajstić information content (AvgIpc) is 2.59. The highest BCUT2D eigenvalue weighted by Gasteiger charge is 2.32. The molecule has 3 rings (SSSR count). The highest BCUT2D eigenvalue weighted by molar-refractivity contribution is 5.24. The van der Waals surface area contributed by atoms with Crippen molar-refractivity contribution in [2.45, 2.75) is 77.0 Å². The SMILES string of the molecule is CCC[C@H]1CC[C@H](C2CCC(c3cc(F)c(F)cc3F)CC2)CC1. The van der Waals surface area contributed by atoms with Gasteiger partial charge in [0.15, 0.2) is 11.6 Å². The molecule has 0 saturated heterocycles. The van der Waals surface area contributed by atoms with Gasteiger partial charge in [-0.2, -0.15) is 0 Å². The Hall–Kier alpha value is -0.990. The Morgan fingerprint density at radius 1 is 0.750 bits per heavy atom. The summed E-state index contributed by atoms with van der Waals surface area (Å²) in [6.45, 7) is 2.27. The van der Waals surface area contributed by atoms with Crippen LogP contribution in [0.4, 0.5) is 13.2 Å². The molecule has 0 radical (unpaired) electrons. The summed E-state index contributed by atoms with van der Waals surface area (Å²) in [7, 11) is 0. The number of halogens is 3. The lowest BCUT2D eigenvalue weighted by Gasteiger charge is -2.38. The van der Waals surface area contributed by atoms with E-state index in [4.69, 9.17) is 0 Å². The fraction of sp³-hybridized carbons (Fsp3) is 0.714. The van der Waals surface area contributed by atoms with Gasteiger partial charge in [0.25, 0.3) is 0 Å². The van der Waals surface area contributed by atoms with Crippen LogP contribution >= 0.6 is 0 Å². The van der Waals surface area contributed by atoms with Gasteiger partial charge in [-0.05, 0) is 73.8 Å². The van der Waals surface area contributed by atoms with E-state index in [1.54, 1.807) is 0 Å². The van der Waals surface area contributed by atoms with Crippen LogP contribution in [0.1, 0.15) is 82.6 Å². The summed E-state index contributed by atoms with van der Waals surface area (Å²) < 4.78 is 40.5. The lowest BCUT2D eigenvalue weighted by atomic mass is 9.68. The molecule has 1 aromatic carbocycles. The zero-order valence-electron chi connectivity index (χ0n) is 14.7. The zero-order chi connectivity index (χ0) is 17.1. The van der Waals surface area contributed by atoms with Gasteiger partial charge < -0.3 is 0 Å². The topological polar surface area (TPSA) is 0 Å². The van der Waals surface area contributed by atoms with Crippen molar-refractivity contribution in [1.29, 1.82) is 0 Å². The Morgan fingerprint density at radius 2 is 1.29 bits per heavy atom. The molecule has 2 aliphatic rings. The summed E-state index contributed by atoms with van der Waals surface area (Å²) in [5.74, 6) is -0.0494. The van der Waals surface area contributed by atoms with Gasteiger partial charge in [-0.3, -0.25) is 0 Å². The van der Waals surface area contributed by atoms with Gasteiger partial charge in [0.2, 0.25) is 0 Å². The van der Waals surface area contributed by atoms with Gasteiger partial charge in [0.1, 0.15) is 5.82 Å². The molecule has 1 aromatic rings. The van der Waals surface area contributed by atoms with E-state index in [1.807, 2.05) is 0 Å². The predicted molar refractivity (Wildman–Crippen MR) is 91.4 cm³/mol. The Morgan fingerprint density at radius 3 is 1.88 bits per heavy atom. The van der Waals surface area contributed by atoms with E-state index >= 15 is 0 Å². The van der Waals surface area contributed by atoms with Crippen LogP contribution in [0.25, 0.3) is 0 Å². The quantitative estimate of drug-likeness (QED) is 0.519. The van der Waals surface area contributed by atoms with Crippen LogP contribution in [0.2, 0.25) is 0 Å². The monoisotopic (exact) mass is 338 g/mol. The summed E-state index contributed by atoms with van der Waals surface area (Å²) >= 11 is 0. The largest absolute Gasteiger partial charge is 0.207 e. The summed E-state index contributed by atoms with van der Waals surface area (Å²) in [5.41, 5.74) is 0.374. The minimum Gasteiger partial charge on any atom is -0.207 e. The molecule has 0 unspecified atom stereocenters. The first-order chi connectivity index (χ1) is 11.6. The van der Waals surface area contributed by atoms with Gasteiger partial charge >= 0.3 is 0 Å². The van der Waals surface area contributed by atoms with Crippen LogP contribution in [-0.4, -0.2) is 0 Å². The third kappa shape index (κ3) is 3.97. The second-order valence-electron chi connectivity index (χ2n) is 7.97. The van der Waals surface area contributed by atoms with E-state index in [0.29, 0.717) is 11.6 Å². The first-order valence-electron chi connectivity index (χ1n) is 9.72. The molecule has 0 amide bonds. The number of rotatable bonds is 4. The van der Waals surface area contributed by atoms with Crippen molar-refractivity contribution in [1.82, 2.24) is 0 Å². The smallest absolute Gasteiger partial charge is 0.161 e. The van der Waals surface area contributed by atoms with Crippen LogP contribution in [0.5, 0.6) is 0 Å². The minimum atomic E-state index is -1.09. The Bertz CT molecular complexity index is 538. The second kappa shape index (κ2) is 7.93. The van der Waals surface area contributed by atoms with Crippen molar-refractivity contribution >= 4 is 0 Å². The molecule has 0 aliphatic heterocycles. The Balaban J connectivity index is 1.54. The molecule has 0 N–H and O–H groups in total. The molecule has 0 aromatic heterocycles. The van der Waals surface area contributed by atoms with E-state index in [0.717, 1.165) is 49.5 Å². The molecule has 0 atom stereocenters. The van der Waals surface area contributed by atoms with Gasteiger partial charge in [-0.25, -0.2) is 13.2 Å². The van der Waals surface area contributed by atoms with Crippen LogP contribution in [0.3, 0.4) is 0 Å². The van der Waals surface area contributed by atoms with Gasteiger partial charge in [-0.1, -0.05) is 32.6 Å². The first kappa shape index (κ1) is 17.8. The van der Waals surface area contributed by atoms with Crippen molar-refractivity contribution in [2.24, 2.45) is 17.8 Å². The summed E-state index contributed by atoms with van der Waals surface area (Å²) in [5, 5.41) is 0. The highest BCUT2D eigenvalue weighted by Crippen LogP contribution is 2.44. The summed E-state index contributed by atoms with van der Waals surface area (Å²) in [6, 6.07) is 1.78. The molecule has 134 valence electrons. The molecule has 24 heavy (non-hydrogen) atoms. The molecule has 0 heterocycles. The molecule has 0 spiro atoms. The number of hydrogen-bond acceptors (Lipinski definition) is 0. The van der Waals surface area contributed by atoms with Crippen molar-refractivity contribution < 1.29 is 13.2 Å². The summed E-state index contributed by atoms with van der Waals surface area (Å²) in [6.07, 6.45) is 12.1. The van der Waals surface area contributed by atoms with Gasteiger partial charge in [0, 0.05) is 6.07 Å². The fourth-order valence-corrected chi connectivity index (χ4v) is 5.11. The Kier molecular flexibility index (Phi) is 5.89. The van der Waals surface area contributed by atoms with E-state index in [-0.39, 0.29) is 5.92 Å². The van der Waals surface area contributed by atoms with Crippen LogP contribution in [0, 0.1) is 35.2 Å². The maximum atomic E-state index is 14.0. The Labute approximate surface area is 143 Å². The lowest BCUT2D eigenvalue weighted by Crippen LogP contribution is -2.25. The molecule has 0 bridgehead atoms. The van der Waals surface area contributed by atoms with Crippen LogP contribution in [0.15, 0.2) is 12.1 Å². The first-order valence-corrected chi connectivity index (χ1v) is 9.72. The number of hydrogen-bond donors (Lipinski definition) is 0. The second-order valence-corrected chi connectivity index (χ2v) is 7.97. The standard InChI is InChI=1S/C21H29F3/c1-2-3-14-4-6-15(7-5-14)16-8-10-17(11-9-16)18-12-20(23)21(24)13-19(18)22/h12-17H,2-11H2,1H3/t14-,15-,16?,17?. The van der Waals surface area contributed by atoms with E-state index in [1.165, 1.54) is 38.5 Å². The van der Waals surface area contributed by atoms with E-state index in [2.05, 4.69) is 6.92 Å². The third-order valence-corrected chi connectivity index (χ3v) is 6.51. The van der Waals surface area contributed by atoms with Crippen LogP contribution in [-0.2, 0) is 0 Å². The normalized spacial score (nSPS) is 31.2. The maximum Gasteiger partial charge on any atom is 0.161 e. The molecule has 2 aliphatic carbocycles. The number of benzene rings is 1. The average molecular weight is 338 g/mol. The van der Waals surface area contributed by atoms with Crippen molar-refractivity contribution in [2.75, 3.05) is 0 Å². The predicted octanol–water partition coefficient (Wildman–Crippen LogP) is 6.98. The molecule has 2 fully saturated rings. The minimum absolute atomic E-state index is 0.0489. The highest BCUT2D eigenvalue weighted by atomic mass is 19.2. The molecule has 3 heteroatoms. The van der Waals surface area contributed by atoms with Gasteiger partial charge in [0.05, 0.1) is 0 Å². The summed E-state index contributed by atoms with van der Waals surface area (Å²) in [4.78, 5) is 0. The van der Waals surface area contributed by atoms with Crippen molar-refractivity contribution in [3.8, 4) is 0 Å². The molecular formula is C21H29F3. The fourth-order valence-electron chi connectivity index (χ4n) is 5.11. The molecule has 2 saturated carbocycles. The third-order valence-electron chi connectivity index (χ3n) is 6.51.